The minimum atomic E-state index is -0.432. The Morgan fingerprint density at radius 1 is 1.07 bits per heavy atom. The van der Waals surface area contributed by atoms with E-state index in [1.165, 1.54) is 20.3 Å². The van der Waals surface area contributed by atoms with Crippen molar-refractivity contribution in [3.63, 3.8) is 0 Å². The minimum absolute atomic E-state index is 0.429. The zero-order valence-electron chi connectivity index (χ0n) is 8.79. The van der Waals surface area contributed by atoms with Gasteiger partial charge in [0, 0.05) is 14.1 Å². The van der Waals surface area contributed by atoms with Crippen LogP contribution in [-0.4, -0.2) is 38.1 Å². The largest absolute Gasteiger partial charge is 0.340 e. The van der Waals surface area contributed by atoms with E-state index in [4.69, 9.17) is 0 Å². The topological polar surface area (TPSA) is 107 Å². The number of carbonyl (C=O) groups excluding carboxylic acids is 2. The molecule has 0 saturated heterocycles. The molecule has 0 fully saturated rings. The van der Waals surface area contributed by atoms with E-state index >= 15 is 0 Å². The molecule has 4 N–H and O–H groups in total. The minimum Gasteiger partial charge on any atom is -0.340 e. The number of nitrogens with one attached hydrogen (secondary N) is 4. The van der Waals surface area contributed by atoms with Gasteiger partial charge in [-0.15, -0.1) is 0 Å². The van der Waals surface area contributed by atoms with Gasteiger partial charge in [0.25, 0.3) is 0 Å². The van der Waals surface area contributed by atoms with Crippen LogP contribution < -0.4 is 21.5 Å². The first-order valence-electron chi connectivity index (χ1n) is 4.13. The Morgan fingerprint density at radius 3 is 2.13 bits per heavy atom. The Morgan fingerprint density at radius 2 is 1.60 bits per heavy atom. The maximum atomic E-state index is 10.7. The number of urea groups is 2. The van der Waals surface area contributed by atoms with Crippen LogP contribution in [0.1, 0.15) is 6.92 Å². The summed E-state index contributed by atoms with van der Waals surface area (Å²) in [5.74, 6) is 0. The molecule has 0 atom stereocenters. The van der Waals surface area contributed by atoms with Gasteiger partial charge in [0.1, 0.15) is 0 Å². The number of rotatable bonds is 3. The van der Waals surface area contributed by atoms with Gasteiger partial charge in [-0.25, -0.2) is 20.4 Å². The van der Waals surface area contributed by atoms with Crippen LogP contribution in [0.3, 0.4) is 0 Å². The highest BCUT2D eigenvalue weighted by atomic mass is 16.2. The average molecular weight is 214 g/mol. The summed E-state index contributed by atoms with van der Waals surface area (Å²) in [5.41, 5.74) is 4.82. The molecule has 0 heterocycles. The highest BCUT2D eigenvalue weighted by Gasteiger charge is 1.93. The van der Waals surface area contributed by atoms with Gasteiger partial charge in [-0.2, -0.15) is 10.2 Å². The zero-order chi connectivity index (χ0) is 11.7. The van der Waals surface area contributed by atoms with Crippen molar-refractivity contribution in [2.75, 3.05) is 14.1 Å². The second-order valence-corrected chi connectivity index (χ2v) is 2.39. The summed E-state index contributed by atoms with van der Waals surface area (Å²) in [6.45, 7) is 1.62. The number of hydrogen-bond donors (Lipinski definition) is 4. The first-order valence-corrected chi connectivity index (χ1v) is 4.13. The lowest BCUT2D eigenvalue weighted by atomic mass is 10.5. The van der Waals surface area contributed by atoms with Crippen molar-refractivity contribution >= 4 is 24.0 Å². The van der Waals surface area contributed by atoms with Crippen molar-refractivity contribution in [3.8, 4) is 0 Å². The first kappa shape index (κ1) is 12.9. The Hall–Kier alpha value is -2.12. The van der Waals surface area contributed by atoms with Crippen LogP contribution in [0.4, 0.5) is 9.59 Å². The quantitative estimate of drug-likeness (QED) is 0.365. The molecule has 0 aromatic carbocycles. The highest BCUT2D eigenvalue weighted by molar-refractivity contribution is 6.29. The van der Waals surface area contributed by atoms with Gasteiger partial charge in [0.2, 0.25) is 0 Å². The third-order valence-corrected chi connectivity index (χ3v) is 1.21. The molecule has 0 aromatic heterocycles. The van der Waals surface area contributed by atoms with Gasteiger partial charge in [0.05, 0.1) is 11.9 Å². The molecule has 0 saturated carbocycles. The van der Waals surface area contributed by atoms with Crippen LogP contribution in [0.2, 0.25) is 0 Å². The SMILES string of the molecule is CNC(=O)N/N=C(C)\C=N\NC(=O)NC. The fraction of sp³-hybridized carbons (Fsp3) is 0.429. The second kappa shape index (κ2) is 7.30. The molecule has 0 bridgehead atoms. The molecule has 8 nitrogen and oxygen atoms in total. The molecule has 84 valence electrons. The van der Waals surface area contributed by atoms with E-state index in [1.807, 2.05) is 0 Å². The smallest absolute Gasteiger partial charge is 0.334 e. The Balaban J connectivity index is 3.95. The second-order valence-electron chi connectivity index (χ2n) is 2.39. The van der Waals surface area contributed by atoms with Gasteiger partial charge >= 0.3 is 12.1 Å². The lowest BCUT2D eigenvalue weighted by molar-refractivity contribution is 0.242. The maximum Gasteiger partial charge on any atom is 0.334 e. The molecular weight excluding hydrogens is 200 g/mol. The first-order chi connectivity index (χ1) is 7.10. The normalized spacial score (nSPS) is 11.0. The molecule has 0 radical (unpaired) electrons. The third-order valence-electron chi connectivity index (χ3n) is 1.21. The van der Waals surface area contributed by atoms with Gasteiger partial charge in [-0.05, 0) is 6.92 Å². The highest BCUT2D eigenvalue weighted by Crippen LogP contribution is 1.71. The van der Waals surface area contributed by atoms with Gasteiger partial charge < -0.3 is 10.6 Å². The molecule has 0 unspecified atom stereocenters. The summed E-state index contributed by atoms with van der Waals surface area (Å²) in [6, 6.07) is -0.861. The lowest BCUT2D eigenvalue weighted by Crippen LogP contribution is -2.30. The fourth-order valence-corrected chi connectivity index (χ4v) is 0.464. The van der Waals surface area contributed by atoms with Gasteiger partial charge in [0.15, 0.2) is 0 Å². The Labute approximate surface area is 87.2 Å². The van der Waals surface area contributed by atoms with E-state index in [2.05, 4.69) is 31.7 Å². The lowest BCUT2D eigenvalue weighted by Gasteiger charge is -1.98. The van der Waals surface area contributed by atoms with Crippen LogP contribution in [0.15, 0.2) is 10.2 Å². The van der Waals surface area contributed by atoms with Crippen LogP contribution >= 0.6 is 0 Å². The van der Waals surface area contributed by atoms with Crippen molar-refractivity contribution in [2.24, 2.45) is 10.2 Å². The third kappa shape index (κ3) is 6.99. The van der Waals surface area contributed by atoms with Crippen LogP contribution in [0, 0.1) is 0 Å². The number of amides is 4. The van der Waals surface area contributed by atoms with Gasteiger partial charge in [-0.1, -0.05) is 0 Å². The van der Waals surface area contributed by atoms with Crippen molar-refractivity contribution < 1.29 is 9.59 Å². The van der Waals surface area contributed by atoms with E-state index < -0.39 is 12.1 Å². The number of hydrazone groups is 2. The molecule has 0 spiro atoms. The van der Waals surface area contributed by atoms with E-state index in [-0.39, 0.29) is 0 Å². The average Bonchev–Trinajstić information content (AvgIpc) is 2.25. The molecular formula is C7H14N6O2. The predicted octanol–water partition coefficient (Wildman–Crippen LogP) is -0.794. The molecule has 15 heavy (non-hydrogen) atoms. The summed E-state index contributed by atoms with van der Waals surface area (Å²) in [7, 11) is 2.94. The zero-order valence-corrected chi connectivity index (χ0v) is 8.79. The van der Waals surface area contributed by atoms with Crippen molar-refractivity contribution in [3.05, 3.63) is 0 Å². The summed E-state index contributed by atoms with van der Waals surface area (Å²) < 4.78 is 0. The summed E-state index contributed by atoms with van der Waals surface area (Å²) >= 11 is 0. The van der Waals surface area contributed by atoms with E-state index in [1.54, 1.807) is 6.92 Å². The number of carbonyl (C=O) groups is 2. The molecule has 0 aromatic rings. The van der Waals surface area contributed by atoms with Gasteiger partial charge in [-0.3, -0.25) is 0 Å². The fourth-order valence-electron chi connectivity index (χ4n) is 0.464. The summed E-state index contributed by atoms with van der Waals surface area (Å²) in [6.07, 6.45) is 1.30. The Kier molecular flexibility index (Phi) is 6.27. The molecule has 0 rings (SSSR count). The molecule has 0 aliphatic heterocycles. The standard InChI is InChI=1S/C7H14N6O2/c1-5(11-13-7(15)9-3)4-10-12-6(14)8-2/h4H,1-3H3,(H2,8,12,14)(H2,9,13,15)/b10-4+,11-5-. The van der Waals surface area contributed by atoms with E-state index in [0.29, 0.717) is 5.71 Å². The van der Waals surface area contributed by atoms with Crippen LogP contribution in [-0.2, 0) is 0 Å². The van der Waals surface area contributed by atoms with Crippen molar-refractivity contribution in [2.45, 2.75) is 6.92 Å². The van der Waals surface area contributed by atoms with Crippen molar-refractivity contribution in [1.82, 2.24) is 21.5 Å². The van der Waals surface area contributed by atoms with E-state index in [0.717, 1.165) is 0 Å². The monoisotopic (exact) mass is 214 g/mol. The number of nitrogens with zero attached hydrogens (tertiary/aromatic N) is 2. The molecule has 4 amide bonds. The molecule has 8 heteroatoms. The van der Waals surface area contributed by atoms with Crippen LogP contribution in [0.25, 0.3) is 0 Å². The molecule has 0 aliphatic carbocycles. The summed E-state index contributed by atoms with van der Waals surface area (Å²) in [4.78, 5) is 21.3. The van der Waals surface area contributed by atoms with E-state index in [9.17, 15) is 9.59 Å². The van der Waals surface area contributed by atoms with Crippen molar-refractivity contribution in [1.29, 1.82) is 0 Å². The number of hydrogen-bond acceptors (Lipinski definition) is 4. The Bertz CT molecular complexity index is 285. The van der Waals surface area contributed by atoms with Crippen LogP contribution in [0.5, 0.6) is 0 Å². The molecule has 0 aliphatic rings. The predicted molar refractivity (Wildman–Crippen MR) is 56.8 cm³/mol. The summed E-state index contributed by atoms with van der Waals surface area (Å²) in [5, 5.41) is 11.8. The maximum absolute atomic E-state index is 10.7.